The molecular formula is C18H28N2O. The van der Waals surface area contributed by atoms with Crippen molar-refractivity contribution in [1.29, 1.82) is 0 Å². The van der Waals surface area contributed by atoms with Crippen molar-refractivity contribution in [3.8, 4) is 5.75 Å². The van der Waals surface area contributed by atoms with E-state index in [0.29, 0.717) is 17.9 Å². The molecule has 116 valence electrons. The Labute approximate surface area is 128 Å². The van der Waals surface area contributed by atoms with Crippen LogP contribution in [0.1, 0.15) is 38.2 Å². The first-order valence-corrected chi connectivity index (χ1v) is 8.40. The molecular weight excluding hydrogens is 260 g/mol. The molecule has 0 spiro atoms. The van der Waals surface area contributed by atoms with Crippen LogP contribution in [0.5, 0.6) is 5.75 Å². The first-order chi connectivity index (χ1) is 10.2. The molecule has 1 saturated heterocycles. The van der Waals surface area contributed by atoms with E-state index in [1.54, 1.807) is 0 Å². The van der Waals surface area contributed by atoms with Crippen molar-refractivity contribution in [3.05, 3.63) is 29.8 Å². The minimum Gasteiger partial charge on any atom is -0.493 e. The molecule has 0 bridgehead atoms. The molecule has 0 amide bonds. The molecule has 0 aromatic heterocycles. The highest BCUT2D eigenvalue weighted by atomic mass is 16.5. The Morgan fingerprint density at radius 3 is 2.90 bits per heavy atom. The highest BCUT2D eigenvalue weighted by molar-refractivity contribution is 5.39. The quantitative estimate of drug-likeness (QED) is 0.871. The number of hydrogen-bond donors (Lipinski definition) is 1. The molecule has 3 nitrogen and oxygen atoms in total. The van der Waals surface area contributed by atoms with Gasteiger partial charge in [0.15, 0.2) is 0 Å². The van der Waals surface area contributed by atoms with Gasteiger partial charge in [-0.15, -0.1) is 0 Å². The van der Waals surface area contributed by atoms with E-state index >= 15 is 0 Å². The third-order valence-electron chi connectivity index (χ3n) is 4.54. The van der Waals surface area contributed by atoms with E-state index in [9.17, 15) is 0 Å². The largest absolute Gasteiger partial charge is 0.493 e. The Balaban J connectivity index is 1.63. The maximum absolute atomic E-state index is 5.84. The number of hydrogen-bond acceptors (Lipinski definition) is 3. The van der Waals surface area contributed by atoms with Gasteiger partial charge < -0.3 is 15.0 Å². The number of fused-ring (bicyclic) bond motifs is 1. The molecule has 0 saturated carbocycles. The number of ether oxygens (including phenoxy) is 1. The topological polar surface area (TPSA) is 24.5 Å². The summed E-state index contributed by atoms with van der Waals surface area (Å²) < 4.78 is 5.84. The van der Waals surface area contributed by atoms with Gasteiger partial charge in [-0.2, -0.15) is 0 Å². The monoisotopic (exact) mass is 288 g/mol. The first kappa shape index (κ1) is 14.9. The third kappa shape index (κ3) is 3.78. The minimum atomic E-state index is 0.529. The molecule has 1 fully saturated rings. The van der Waals surface area contributed by atoms with Crippen LogP contribution in [0.3, 0.4) is 0 Å². The Morgan fingerprint density at radius 1 is 1.29 bits per heavy atom. The fourth-order valence-corrected chi connectivity index (χ4v) is 3.66. The van der Waals surface area contributed by atoms with Gasteiger partial charge in [-0.25, -0.2) is 0 Å². The molecule has 1 aromatic carbocycles. The molecule has 2 atom stereocenters. The van der Waals surface area contributed by atoms with Crippen molar-refractivity contribution in [2.75, 3.05) is 32.8 Å². The smallest absolute Gasteiger partial charge is 0.122 e. The summed E-state index contributed by atoms with van der Waals surface area (Å²) in [5.41, 5.74) is 1.39. The zero-order valence-corrected chi connectivity index (χ0v) is 13.3. The van der Waals surface area contributed by atoms with E-state index in [4.69, 9.17) is 4.74 Å². The van der Waals surface area contributed by atoms with E-state index in [0.717, 1.165) is 18.9 Å². The molecule has 0 aliphatic carbocycles. The average Bonchev–Trinajstić information content (AvgIpc) is 3.09. The molecule has 3 heteroatoms. The number of nitrogens with one attached hydrogen (secondary N) is 1. The third-order valence-corrected chi connectivity index (χ3v) is 4.54. The second-order valence-electron chi connectivity index (χ2n) is 6.95. The summed E-state index contributed by atoms with van der Waals surface area (Å²) in [5, 5.41) is 3.63. The maximum Gasteiger partial charge on any atom is 0.122 e. The van der Waals surface area contributed by atoms with Crippen LogP contribution in [-0.4, -0.2) is 43.7 Å². The van der Waals surface area contributed by atoms with Crippen LogP contribution in [0.2, 0.25) is 0 Å². The van der Waals surface area contributed by atoms with Crippen LogP contribution in [0.25, 0.3) is 0 Å². The fourth-order valence-electron chi connectivity index (χ4n) is 3.66. The summed E-state index contributed by atoms with van der Waals surface area (Å²) in [6.45, 7) is 10.1. The van der Waals surface area contributed by atoms with E-state index in [-0.39, 0.29) is 0 Å². The summed E-state index contributed by atoms with van der Waals surface area (Å²) >= 11 is 0. The Hall–Kier alpha value is -1.06. The molecule has 21 heavy (non-hydrogen) atoms. The SMILES string of the molecule is CC(C)CN(CC1CCCN1)CC1COc2ccccc21. The summed E-state index contributed by atoms with van der Waals surface area (Å²) in [7, 11) is 0. The lowest BCUT2D eigenvalue weighted by molar-refractivity contribution is 0.198. The zero-order valence-electron chi connectivity index (χ0n) is 13.3. The molecule has 2 aliphatic rings. The Kier molecular flexibility index (Phi) is 4.81. The number of nitrogens with zero attached hydrogens (tertiary/aromatic N) is 1. The summed E-state index contributed by atoms with van der Waals surface area (Å²) in [4.78, 5) is 2.64. The minimum absolute atomic E-state index is 0.529. The lowest BCUT2D eigenvalue weighted by Gasteiger charge is -2.29. The highest BCUT2D eigenvalue weighted by Crippen LogP contribution is 2.34. The van der Waals surface area contributed by atoms with Gasteiger partial charge in [0.05, 0.1) is 6.61 Å². The van der Waals surface area contributed by atoms with E-state index in [1.807, 2.05) is 0 Å². The number of rotatable bonds is 6. The van der Waals surface area contributed by atoms with Crippen molar-refractivity contribution in [1.82, 2.24) is 10.2 Å². The van der Waals surface area contributed by atoms with E-state index in [1.165, 1.54) is 38.0 Å². The molecule has 2 heterocycles. The molecule has 3 rings (SSSR count). The molecule has 1 aromatic rings. The molecule has 0 radical (unpaired) electrons. The second kappa shape index (κ2) is 6.80. The summed E-state index contributed by atoms with van der Waals surface area (Å²) in [6.07, 6.45) is 2.65. The van der Waals surface area contributed by atoms with Gasteiger partial charge in [0.1, 0.15) is 5.75 Å². The summed E-state index contributed by atoms with van der Waals surface area (Å²) in [5.74, 6) is 2.33. The van der Waals surface area contributed by atoms with Crippen LogP contribution in [0.15, 0.2) is 24.3 Å². The highest BCUT2D eigenvalue weighted by Gasteiger charge is 2.27. The zero-order chi connectivity index (χ0) is 14.7. The Bertz CT molecular complexity index is 454. The second-order valence-corrected chi connectivity index (χ2v) is 6.95. The van der Waals surface area contributed by atoms with Gasteiger partial charge in [-0.05, 0) is 31.4 Å². The van der Waals surface area contributed by atoms with Gasteiger partial charge in [-0.1, -0.05) is 32.0 Å². The van der Waals surface area contributed by atoms with Crippen LogP contribution in [0, 0.1) is 5.92 Å². The first-order valence-electron chi connectivity index (χ1n) is 8.40. The summed E-state index contributed by atoms with van der Waals surface area (Å²) in [6, 6.07) is 9.21. The van der Waals surface area contributed by atoms with E-state index in [2.05, 4.69) is 48.3 Å². The van der Waals surface area contributed by atoms with Gasteiger partial charge >= 0.3 is 0 Å². The van der Waals surface area contributed by atoms with Gasteiger partial charge in [0.25, 0.3) is 0 Å². The normalized spacial score (nSPS) is 24.6. The standard InChI is InChI=1S/C18H28N2O/c1-14(2)10-20(12-16-6-5-9-19-16)11-15-13-21-18-8-4-3-7-17(15)18/h3-4,7-8,14-16,19H,5-6,9-13H2,1-2H3. The predicted octanol–water partition coefficient (Wildman–Crippen LogP) is 2.87. The van der Waals surface area contributed by atoms with Crippen LogP contribution in [0.4, 0.5) is 0 Å². The van der Waals surface area contributed by atoms with Gasteiger partial charge in [0.2, 0.25) is 0 Å². The molecule has 2 aliphatic heterocycles. The van der Waals surface area contributed by atoms with Crippen molar-refractivity contribution < 1.29 is 4.74 Å². The predicted molar refractivity (Wildman–Crippen MR) is 87.0 cm³/mol. The number of benzene rings is 1. The number of para-hydroxylation sites is 1. The lowest BCUT2D eigenvalue weighted by Crippen LogP contribution is -2.41. The van der Waals surface area contributed by atoms with Crippen molar-refractivity contribution >= 4 is 0 Å². The van der Waals surface area contributed by atoms with Crippen LogP contribution >= 0.6 is 0 Å². The average molecular weight is 288 g/mol. The Morgan fingerprint density at radius 2 is 2.14 bits per heavy atom. The lowest BCUT2D eigenvalue weighted by atomic mass is 10.00. The van der Waals surface area contributed by atoms with Crippen LogP contribution < -0.4 is 10.1 Å². The van der Waals surface area contributed by atoms with Crippen LogP contribution in [-0.2, 0) is 0 Å². The van der Waals surface area contributed by atoms with Crippen molar-refractivity contribution in [3.63, 3.8) is 0 Å². The van der Waals surface area contributed by atoms with Crippen molar-refractivity contribution in [2.24, 2.45) is 5.92 Å². The maximum atomic E-state index is 5.84. The van der Waals surface area contributed by atoms with Gasteiger partial charge in [0, 0.05) is 37.2 Å². The van der Waals surface area contributed by atoms with Crippen molar-refractivity contribution in [2.45, 2.75) is 38.6 Å². The van der Waals surface area contributed by atoms with Gasteiger partial charge in [-0.3, -0.25) is 0 Å². The molecule has 2 unspecified atom stereocenters. The fraction of sp³-hybridized carbons (Fsp3) is 0.667. The molecule has 1 N–H and O–H groups in total. The van der Waals surface area contributed by atoms with E-state index < -0.39 is 0 Å².